The first-order chi connectivity index (χ1) is 17.8. The lowest BCUT2D eigenvalue weighted by Crippen LogP contribution is -2.42. The van der Waals surface area contributed by atoms with Crippen LogP contribution in [0.25, 0.3) is 10.9 Å². The van der Waals surface area contributed by atoms with Crippen molar-refractivity contribution in [3.63, 3.8) is 0 Å². The molecule has 0 spiro atoms. The van der Waals surface area contributed by atoms with Gasteiger partial charge in [-0.25, -0.2) is 9.97 Å². The van der Waals surface area contributed by atoms with Gasteiger partial charge in [-0.1, -0.05) is 19.1 Å². The largest absolute Gasteiger partial charge is 0.493 e. The summed E-state index contributed by atoms with van der Waals surface area (Å²) >= 11 is 0. The van der Waals surface area contributed by atoms with Crippen LogP contribution in [-0.4, -0.2) is 35.6 Å². The van der Waals surface area contributed by atoms with Gasteiger partial charge in [0.1, 0.15) is 23.6 Å². The maximum Gasteiger partial charge on any atom is 0.251 e. The third-order valence-corrected chi connectivity index (χ3v) is 6.21. The van der Waals surface area contributed by atoms with Crippen molar-refractivity contribution in [3.05, 3.63) is 78.1 Å². The highest BCUT2D eigenvalue weighted by molar-refractivity contribution is 5.94. The summed E-state index contributed by atoms with van der Waals surface area (Å²) in [4.78, 5) is 21.2. The SMILES string of the molecule is CCC(C)(C)NC(=O)c1ccc(Oc2ccc(CNc3ncnc4cc(OC)c(OC)cc34)cc2)cc1. The standard InChI is InChI=1S/C29H32N4O4/c1-6-29(2,3)33-28(34)20-9-13-22(14-10-20)37-21-11-7-19(8-12-21)17-30-27-23-15-25(35-4)26(36-5)16-24(23)31-18-32-27/h7-16,18H,6,17H2,1-5H3,(H,33,34)(H,30,31,32). The predicted molar refractivity (Wildman–Crippen MR) is 145 cm³/mol. The van der Waals surface area contributed by atoms with Crippen molar-refractivity contribution in [2.45, 2.75) is 39.3 Å². The van der Waals surface area contributed by atoms with E-state index < -0.39 is 0 Å². The highest BCUT2D eigenvalue weighted by atomic mass is 16.5. The Labute approximate surface area is 217 Å². The second kappa shape index (κ2) is 11.2. The van der Waals surface area contributed by atoms with Gasteiger partial charge in [-0.2, -0.15) is 0 Å². The average Bonchev–Trinajstić information content (AvgIpc) is 2.92. The molecule has 4 aromatic rings. The molecule has 0 atom stereocenters. The van der Waals surface area contributed by atoms with Crippen molar-refractivity contribution in [1.29, 1.82) is 0 Å². The molecule has 0 saturated carbocycles. The number of methoxy groups -OCH3 is 2. The van der Waals surface area contributed by atoms with Crippen LogP contribution in [0.1, 0.15) is 43.1 Å². The monoisotopic (exact) mass is 500 g/mol. The number of aromatic nitrogens is 2. The number of benzene rings is 3. The van der Waals surface area contributed by atoms with E-state index in [1.165, 1.54) is 6.33 Å². The lowest BCUT2D eigenvalue weighted by Gasteiger charge is -2.24. The number of fused-ring (bicyclic) bond motifs is 1. The summed E-state index contributed by atoms with van der Waals surface area (Å²) in [5.41, 5.74) is 2.18. The number of hydrogen-bond acceptors (Lipinski definition) is 7. The number of ether oxygens (including phenoxy) is 3. The topological polar surface area (TPSA) is 94.6 Å². The van der Waals surface area contributed by atoms with Crippen molar-refractivity contribution < 1.29 is 19.0 Å². The van der Waals surface area contributed by atoms with Crippen molar-refractivity contribution >= 4 is 22.6 Å². The quantitative estimate of drug-likeness (QED) is 0.277. The number of anilines is 1. The van der Waals surface area contributed by atoms with Gasteiger partial charge in [-0.3, -0.25) is 4.79 Å². The molecule has 2 N–H and O–H groups in total. The van der Waals surface area contributed by atoms with Gasteiger partial charge in [0.2, 0.25) is 0 Å². The van der Waals surface area contributed by atoms with E-state index in [1.54, 1.807) is 38.5 Å². The lowest BCUT2D eigenvalue weighted by atomic mass is 10.0. The average molecular weight is 501 g/mol. The molecule has 0 fully saturated rings. The van der Waals surface area contributed by atoms with E-state index in [4.69, 9.17) is 14.2 Å². The molecule has 0 bridgehead atoms. The van der Waals surface area contributed by atoms with Gasteiger partial charge in [-0.15, -0.1) is 0 Å². The van der Waals surface area contributed by atoms with E-state index in [1.807, 2.05) is 57.2 Å². The molecule has 37 heavy (non-hydrogen) atoms. The summed E-state index contributed by atoms with van der Waals surface area (Å²) < 4.78 is 16.8. The van der Waals surface area contributed by atoms with Gasteiger partial charge in [0.15, 0.2) is 11.5 Å². The highest BCUT2D eigenvalue weighted by Crippen LogP contribution is 2.33. The van der Waals surface area contributed by atoms with Crippen molar-refractivity contribution in [2.24, 2.45) is 0 Å². The van der Waals surface area contributed by atoms with E-state index in [2.05, 4.69) is 20.6 Å². The lowest BCUT2D eigenvalue weighted by molar-refractivity contribution is 0.0911. The summed E-state index contributed by atoms with van der Waals surface area (Å²) in [5, 5.41) is 7.25. The zero-order valence-corrected chi connectivity index (χ0v) is 21.8. The van der Waals surface area contributed by atoms with Crippen LogP contribution < -0.4 is 24.8 Å². The molecule has 0 aliphatic rings. The molecule has 192 valence electrons. The number of nitrogens with zero attached hydrogens (tertiary/aromatic N) is 2. The maximum atomic E-state index is 12.4. The Kier molecular flexibility index (Phi) is 7.77. The summed E-state index contributed by atoms with van der Waals surface area (Å²) in [6, 6.07) is 18.6. The first-order valence-corrected chi connectivity index (χ1v) is 12.1. The zero-order valence-electron chi connectivity index (χ0n) is 21.8. The molecule has 0 saturated heterocycles. The molecule has 0 aliphatic heterocycles. The molecule has 3 aromatic carbocycles. The molecule has 8 heteroatoms. The second-order valence-corrected chi connectivity index (χ2v) is 9.26. The Morgan fingerprint density at radius 1 is 0.892 bits per heavy atom. The minimum Gasteiger partial charge on any atom is -0.493 e. The Bertz CT molecular complexity index is 1370. The van der Waals surface area contributed by atoms with Crippen LogP contribution >= 0.6 is 0 Å². The van der Waals surface area contributed by atoms with Crippen molar-refractivity contribution in [2.75, 3.05) is 19.5 Å². The number of rotatable bonds is 10. The van der Waals surface area contributed by atoms with E-state index in [0.29, 0.717) is 40.9 Å². The number of amides is 1. The summed E-state index contributed by atoms with van der Waals surface area (Å²) in [5.74, 6) is 3.22. The van der Waals surface area contributed by atoms with Gasteiger partial charge in [-0.05, 0) is 68.3 Å². The van der Waals surface area contributed by atoms with Crippen LogP contribution in [0.4, 0.5) is 5.82 Å². The van der Waals surface area contributed by atoms with Crippen LogP contribution in [0, 0.1) is 0 Å². The van der Waals surface area contributed by atoms with Gasteiger partial charge in [0, 0.05) is 29.1 Å². The number of nitrogens with one attached hydrogen (secondary N) is 2. The van der Waals surface area contributed by atoms with Gasteiger partial charge >= 0.3 is 0 Å². The van der Waals surface area contributed by atoms with E-state index in [0.717, 1.165) is 22.9 Å². The molecule has 1 amide bonds. The van der Waals surface area contributed by atoms with Crippen molar-refractivity contribution in [1.82, 2.24) is 15.3 Å². The summed E-state index contributed by atoms with van der Waals surface area (Å²) in [6.07, 6.45) is 2.37. The molecule has 0 radical (unpaired) electrons. The number of carbonyl (C=O) groups excluding carboxylic acids is 1. The molecular formula is C29H32N4O4. The fraction of sp³-hybridized carbons (Fsp3) is 0.276. The fourth-order valence-electron chi connectivity index (χ4n) is 3.66. The fourth-order valence-corrected chi connectivity index (χ4v) is 3.66. The Morgan fingerprint density at radius 2 is 1.51 bits per heavy atom. The Balaban J connectivity index is 1.39. The maximum absolute atomic E-state index is 12.4. The van der Waals surface area contributed by atoms with E-state index in [-0.39, 0.29) is 11.4 Å². The smallest absolute Gasteiger partial charge is 0.251 e. The predicted octanol–water partition coefficient (Wildman–Crippen LogP) is 5.97. The van der Waals surface area contributed by atoms with E-state index >= 15 is 0 Å². The van der Waals surface area contributed by atoms with Crippen molar-refractivity contribution in [3.8, 4) is 23.0 Å². The Hall–Kier alpha value is -4.33. The van der Waals surface area contributed by atoms with Gasteiger partial charge in [0.05, 0.1) is 19.7 Å². The Morgan fingerprint density at radius 3 is 2.14 bits per heavy atom. The van der Waals surface area contributed by atoms with Crippen LogP contribution in [0.3, 0.4) is 0 Å². The second-order valence-electron chi connectivity index (χ2n) is 9.26. The van der Waals surface area contributed by atoms with E-state index in [9.17, 15) is 4.79 Å². The molecule has 8 nitrogen and oxygen atoms in total. The molecule has 1 heterocycles. The molecule has 1 aromatic heterocycles. The minimum absolute atomic E-state index is 0.0932. The normalized spacial score (nSPS) is 11.2. The first-order valence-electron chi connectivity index (χ1n) is 12.1. The molecule has 4 rings (SSSR count). The van der Waals surface area contributed by atoms with Gasteiger partial charge in [0.25, 0.3) is 5.91 Å². The van der Waals surface area contributed by atoms with Crippen LogP contribution in [0.15, 0.2) is 67.0 Å². The summed E-state index contributed by atoms with van der Waals surface area (Å²) in [7, 11) is 3.20. The molecular weight excluding hydrogens is 468 g/mol. The highest BCUT2D eigenvalue weighted by Gasteiger charge is 2.18. The van der Waals surface area contributed by atoms with Crippen LogP contribution in [-0.2, 0) is 6.54 Å². The van der Waals surface area contributed by atoms with Crippen LogP contribution in [0.5, 0.6) is 23.0 Å². The summed E-state index contributed by atoms with van der Waals surface area (Å²) in [6.45, 7) is 6.63. The number of carbonyl (C=O) groups is 1. The molecule has 0 unspecified atom stereocenters. The minimum atomic E-state index is -0.246. The third kappa shape index (κ3) is 6.27. The van der Waals surface area contributed by atoms with Gasteiger partial charge < -0.3 is 24.8 Å². The first kappa shape index (κ1) is 25.8. The molecule has 0 aliphatic carbocycles. The van der Waals surface area contributed by atoms with Crippen LogP contribution in [0.2, 0.25) is 0 Å². The number of hydrogen-bond donors (Lipinski definition) is 2. The zero-order chi connectivity index (χ0) is 26.4. The third-order valence-electron chi connectivity index (χ3n) is 6.21.